The highest BCUT2D eigenvalue weighted by Gasteiger charge is 2.12. The van der Waals surface area contributed by atoms with Gasteiger partial charge in [0.05, 0.1) is 23.4 Å². The third kappa shape index (κ3) is 3.72. The van der Waals surface area contributed by atoms with Crippen molar-refractivity contribution in [3.05, 3.63) is 83.3 Å². The quantitative estimate of drug-likeness (QED) is 0.495. The fraction of sp³-hybridized carbons (Fsp3) is 0.100. The van der Waals surface area contributed by atoms with E-state index in [1.165, 1.54) is 0 Å². The zero-order valence-electron chi connectivity index (χ0n) is 14.3. The zero-order chi connectivity index (χ0) is 18.8. The van der Waals surface area contributed by atoms with E-state index in [0.29, 0.717) is 16.1 Å². The fourth-order valence-corrected chi connectivity index (χ4v) is 3.00. The lowest BCUT2D eigenvalue weighted by atomic mass is 10.1. The Morgan fingerprint density at radius 2 is 2.04 bits per heavy atom. The Kier molecular flexibility index (Phi) is 4.66. The Morgan fingerprint density at radius 1 is 1.22 bits per heavy atom. The first-order valence-electron chi connectivity index (χ1n) is 8.43. The normalized spacial score (nSPS) is 12.2. The molecule has 2 heterocycles. The van der Waals surface area contributed by atoms with Gasteiger partial charge in [-0.25, -0.2) is 0 Å². The van der Waals surface area contributed by atoms with Gasteiger partial charge in [-0.2, -0.15) is 5.10 Å². The van der Waals surface area contributed by atoms with Crippen molar-refractivity contribution in [1.29, 1.82) is 0 Å². The van der Waals surface area contributed by atoms with Crippen LogP contribution < -0.4 is 5.32 Å². The van der Waals surface area contributed by atoms with Gasteiger partial charge in [-0.3, -0.25) is 9.89 Å². The molecule has 136 valence electrons. The largest absolute Gasteiger partial charge is 0.387 e. The molecule has 4 aromatic rings. The van der Waals surface area contributed by atoms with E-state index in [2.05, 4.69) is 15.5 Å². The summed E-state index contributed by atoms with van der Waals surface area (Å²) in [6, 6.07) is 14.5. The molecule has 4 rings (SSSR count). The number of amides is 1. The number of aliphatic hydroxyl groups is 1. The van der Waals surface area contributed by atoms with Gasteiger partial charge in [0, 0.05) is 35.0 Å². The molecule has 27 heavy (non-hydrogen) atoms. The third-order valence-corrected chi connectivity index (χ3v) is 4.64. The van der Waals surface area contributed by atoms with Gasteiger partial charge in [-0.15, -0.1) is 0 Å². The molecule has 0 radical (unpaired) electrons. The molecule has 0 saturated heterocycles. The summed E-state index contributed by atoms with van der Waals surface area (Å²) in [5.41, 5.74) is 3.11. The van der Waals surface area contributed by atoms with Gasteiger partial charge in [0.2, 0.25) is 0 Å². The van der Waals surface area contributed by atoms with Crippen molar-refractivity contribution < 1.29 is 9.90 Å². The second kappa shape index (κ2) is 7.26. The van der Waals surface area contributed by atoms with Crippen LogP contribution in [-0.4, -0.2) is 32.3 Å². The van der Waals surface area contributed by atoms with E-state index in [0.717, 1.165) is 16.6 Å². The summed E-state index contributed by atoms with van der Waals surface area (Å²) in [7, 11) is 0. The maximum Gasteiger partial charge on any atom is 0.252 e. The summed E-state index contributed by atoms with van der Waals surface area (Å²) in [5.74, 6) is -0.244. The van der Waals surface area contributed by atoms with Crippen LogP contribution in [0.25, 0.3) is 16.6 Å². The van der Waals surface area contributed by atoms with E-state index in [4.69, 9.17) is 11.6 Å². The number of hydrogen-bond acceptors (Lipinski definition) is 3. The molecule has 7 heteroatoms. The van der Waals surface area contributed by atoms with Crippen molar-refractivity contribution in [2.24, 2.45) is 0 Å². The second-order valence-electron chi connectivity index (χ2n) is 6.23. The third-order valence-electron chi connectivity index (χ3n) is 4.39. The highest BCUT2D eigenvalue weighted by molar-refractivity contribution is 6.30. The summed E-state index contributed by atoms with van der Waals surface area (Å²) in [4.78, 5) is 12.4. The molecule has 0 spiro atoms. The van der Waals surface area contributed by atoms with Crippen LogP contribution in [-0.2, 0) is 0 Å². The number of fused-ring (bicyclic) bond motifs is 1. The first kappa shape index (κ1) is 17.3. The molecule has 0 saturated carbocycles. The van der Waals surface area contributed by atoms with Gasteiger partial charge in [-0.05, 0) is 42.0 Å². The summed E-state index contributed by atoms with van der Waals surface area (Å²) < 4.78 is 1.87. The van der Waals surface area contributed by atoms with E-state index in [1.807, 2.05) is 29.0 Å². The summed E-state index contributed by atoms with van der Waals surface area (Å²) in [6.45, 7) is 0.118. The van der Waals surface area contributed by atoms with Crippen molar-refractivity contribution in [1.82, 2.24) is 20.1 Å². The SMILES string of the molecule is O=C(NCC(O)c1ccc(Cl)cc1)c1ccn(-c2ccc3[nH]ncc3c2)c1. The van der Waals surface area contributed by atoms with E-state index >= 15 is 0 Å². The number of aromatic amines is 1. The smallest absolute Gasteiger partial charge is 0.252 e. The minimum Gasteiger partial charge on any atom is -0.387 e. The fourth-order valence-electron chi connectivity index (χ4n) is 2.88. The number of hydrogen-bond donors (Lipinski definition) is 3. The van der Waals surface area contributed by atoms with Crippen LogP contribution in [0.4, 0.5) is 0 Å². The highest BCUT2D eigenvalue weighted by Crippen LogP contribution is 2.18. The first-order chi connectivity index (χ1) is 13.1. The molecule has 2 aromatic carbocycles. The van der Waals surface area contributed by atoms with Crippen LogP contribution in [0.1, 0.15) is 22.0 Å². The van der Waals surface area contributed by atoms with E-state index < -0.39 is 6.10 Å². The number of halogens is 1. The average Bonchev–Trinajstić information content (AvgIpc) is 3.35. The molecule has 1 atom stereocenters. The number of H-pyrrole nitrogens is 1. The van der Waals surface area contributed by atoms with Gasteiger partial charge in [-0.1, -0.05) is 23.7 Å². The molecule has 3 N–H and O–H groups in total. The first-order valence-corrected chi connectivity index (χ1v) is 8.81. The number of carbonyl (C=O) groups excluding carboxylic acids is 1. The number of aliphatic hydroxyl groups excluding tert-OH is 1. The maximum absolute atomic E-state index is 12.4. The van der Waals surface area contributed by atoms with E-state index in [9.17, 15) is 9.90 Å². The van der Waals surface area contributed by atoms with Gasteiger partial charge >= 0.3 is 0 Å². The maximum atomic E-state index is 12.4. The summed E-state index contributed by atoms with van der Waals surface area (Å²) >= 11 is 5.84. The Bertz CT molecular complexity index is 1080. The van der Waals surface area contributed by atoms with Crippen LogP contribution in [0.3, 0.4) is 0 Å². The lowest BCUT2D eigenvalue weighted by molar-refractivity contribution is 0.0916. The van der Waals surface area contributed by atoms with Crippen molar-refractivity contribution in [3.63, 3.8) is 0 Å². The summed E-state index contributed by atoms with van der Waals surface area (Å²) in [5, 5.41) is 21.5. The number of aromatic nitrogens is 3. The average molecular weight is 381 g/mol. The topological polar surface area (TPSA) is 82.9 Å². The minimum absolute atomic E-state index is 0.118. The van der Waals surface area contributed by atoms with Gasteiger partial charge < -0.3 is 15.0 Å². The minimum atomic E-state index is -0.795. The number of rotatable bonds is 5. The molecule has 1 unspecified atom stereocenters. The Labute approximate surface area is 160 Å². The zero-order valence-corrected chi connectivity index (χ0v) is 15.0. The van der Waals surface area contributed by atoms with Crippen molar-refractivity contribution in [2.45, 2.75) is 6.10 Å². The lowest BCUT2D eigenvalue weighted by Gasteiger charge is -2.12. The van der Waals surface area contributed by atoms with Crippen molar-refractivity contribution in [2.75, 3.05) is 6.54 Å². The van der Waals surface area contributed by atoms with Crippen LogP contribution >= 0.6 is 11.6 Å². The molecule has 0 aliphatic heterocycles. The van der Waals surface area contributed by atoms with Crippen LogP contribution in [0.2, 0.25) is 5.02 Å². The molecule has 0 fully saturated rings. The van der Waals surface area contributed by atoms with E-state index in [1.54, 1.807) is 42.7 Å². The molecule has 6 nitrogen and oxygen atoms in total. The molecule has 2 aromatic heterocycles. The molecule has 0 aliphatic carbocycles. The van der Waals surface area contributed by atoms with Crippen molar-refractivity contribution in [3.8, 4) is 5.69 Å². The van der Waals surface area contributed by atoms with Crippen LogP contribution in [0.5, 0.6) is 0 Å². The monoisotopic (exact) mass is 380 g/mol. The van der Waals surface area contributed by atoms with E-state index in [-0.39, 0.29) is 12.5 Å². The molecule has 1 amide bonds. The predicted octanol–water partition coefficient (Wildman–Crippen LogP) is 3.47. The van der Waals surface area contributed by atoms with Gasteiger partial charge in [0.15, 0.2) is 0 Å². The molecular weight excluding hydrogens is 364 g/mol. The Hall–Kier alpha value is -3.09. The number of nitrogens with zero attached hydrogens (tertiary/aromatic N) is 2. The Morgan fingerprint density at radius 3 is 2.85 bits per heavy atom. The molecular formula is C20H17ClN4O2. The molecule has 0 bridgehead atoms. The molecule has 0 aliphatic rings. The second-order valence-corrected chi connectivity index (χ2v) is 6.66. The van der Waals surface area contributed by atoms with Gasteiger partial charge in [0.25, 0.3) is 5.91 Å². The van der Waals surface area contributed by atoms with Crippen LogP contribution in [0.15, 0.2) is 67.1 Å². The number of nitrogens with one attached hydrogen (secondary N) is 2. The summed E-state index contributed by atoms with van der Waals surface area (Å²) in [6.07, 6.45) is 4.54. The van der Waals surface area contributed by atoms with Crippen molar-refractivity contribution >= 4 is 28.4 Å². The number of benzene rings is 2. The van der Waals surface area contributed by atoms with Gasteiger partial charge in [0.1, 0.15) is 0 Å². The van der Waals surface area contributed by atoms with Crippen LogP contribution in [0, 0.1) is 0 Å². The lowest BCUT2D eigenvalue weighted by Crippen LogP contribution is -2.28. The standard InChI is InChI=1S/C20H17ClN4O2/c21-16-3-1-13(2-4-16)19(26)11-22-20(27)14-7-8-25(12-14)17-5-6-18-15(9-17)10-23-24-18/h1-10,12,19,26H,11H2,(H,22,27)(H,23,24). The highest BCUT2D eigenvalue weighted by atomic mass is 35.5. The predicted molar refractivity (Wildman–Crippen MR) is 104 cm³/mol. The number of carbonyl (C=O) groups is 1. The Balaban J connectivity index is 1.43.